The van der Waals surface area contributed by atoms with Crippen molar-refractivity contribution in [3.05, 3.63) is 71.5 Å². The van der Waals surface area contributed by atoms with Gasteiger partial charge in [0.05, 0.1) is 5.54 Å². The largest absolute Gasteiger partial charge is 0.381 e. The fraction of sp³-hybridized carbons (Fsp3) is 0.381. The summed E-state index contributed by atoms with van der Waals surface area (Å²) >= 11 is 0. The summed E-state index contributed by atoms with van der Waals surface area (Å²) in [5.41, 5.74) is 1.52. The predicted molar refractivity (Wildman–Crippen MR) is 93.6 cm³/mol. The van der Waals surface area contributed by atoms with Crippen LogP contribution in [0.5, 0.6) is 0 Å². The second kappa shape index (κ2) is 6.60. The van der Waals surface area contributed by atoms with Crippen molar-refractivity contribution in [1.82, 2.24) is 5.32 Å². The first kappa shape index (κ1) is 16.3. The molecule has 4 heteroatoms. The molecule has 1 saturated carbocycles. The van der Waals surface area contributed by atoms with Gasteiger partial charge in [-0.1, -0.05) is 42.5 Å². The number of carbonyl (C=O) groups excluding carboxylic acids is 1. The van der Waals surface area contributed by atoms with E-state index in [2.05, 4.69) is 17.4 Å². The number of ether oxygens (including phenoxy) is 1. The first-order valence-electron chi connectivity index (χ1n) is 8.89. The molecule has 3 nitrogen and oxygen atoms in total. The molecule has 1 N–H and O–H groups in total. The van der Waals surface area contributed by atoms with Crippen LogP contribution < -0.4 is 5.32 Å². The minimum atomic E-state index is -0.527. The second-order valence-electron chi connectivity index (χ2n) is 7.05. The maximum atomic E-state index is 13.7. The third-order valence-corrected chi connectivity index (χ3v) is 5.44. The van der Waals surface area contributed by atoms with Gasteiger partial charge in [0.1, 0.15) is 5.82 Å². The third kappa shape index (κ3) is 3.31. The molecule has 130 valence electrons. The number of benzene rings is 2. The van der Waals surface area contributed by atoms with Crippen molar-refractivity contribution >= 4 is 5.91 Å². The smallest absolute Gasteiger partial charge is 0.224 e. The average molecular weight is 339 g/mol. The molecule has 1 aliphatic carbocycles. The summed E-state index contributed by atoms with van der Waals surface area (Å²) < 4.78 is 19.2. The maximum Gasteiger partial charge on any atom is 0.224 e. The van der Waals surface area contributed by atoms with E-state index >= 15 is 0 Å². The van der Waals surface area contributed by atoms with E-state index in [4.69, 9.17) is 4.74 Å². The van der Waals surface area contributed by atoms with Crippen LogP contribution >= 0.6 is 0 Å². The highest BCUT2D eigenvalue weighted by Crippen LogP contribution is 2.48. The number of hydrogen-bond donors (Lipinski definition) is 1. The molecule has 2 aromatic carbocycles. The number of carbonyl (C=O) groups is 1. The number of halogens is 1. The Hall–Kier alpha value is -2.20. The van der Waals surface area contributed by atoms with Crippen molar-refractivity contribution in [3.63, 3.8) is 0 Å². The molecule has 1 aliphatic heterocycles. The number of nitrogens with one attached hydrogen (secondary N) is 1. The van der Waals surface area contributed by atoms with Crippen molar-refractivity contribution in [2.75, 3.05) is 13.2 Å². The van der Waals surface area contributed by atoms with Gasteiger partial charge in [0, 0.05) is 19.1 Å². The van der Waals surface area contributed by atoms with Gasteiger partial charge in [-0.3, -0.25) is 4.79 Å². The predicted octanol–water partition coefficient (Wildman–Crippen LogP) is 3.75. The monoisotopic (exact) mass is 339 g/mol. The number of hydrogen-bond acceptors (Lipinski definition) is 2. The molecule has 1 heterocycles. The Labute approximate surface area is 147 Å². The summed E-state index contributed by atoms with van der Waals surface area (Å²) in [5, 5.41) is 3.25. The minimum Gasteiger partial charge on any atom is -0.381 e. The normalized spacial score (nSPS) is 24.5. The van der Waals surface area contributed by atoms with E-state index in [0.29, 0.717) is 32.0 Å². The topological polar surface area (TPSA) is 38.3 Å². The molecule has 0 aromatic heterocycles. The van der Waals surface area contributed by atoms with Crippen molar-refractivity contribution in [3.8, 4) is 0 Å². The molecule has 2 atom stereocenters. The van der Waals surface area contributed by atoms with Crippen LogP contribution in [0.3, 0.4) is 0 Å². The molecule has 25 heavy (non-hydrogen) atoms. The number of amides is 1. The van der Waals surface area contributed by atoms with Crippen LogP contribution in [0.4, 0.5) is 4.39 Å². The molecule has 2 aliphatic rings. The lowest BCUT2D eigenvalue weighted by Crippen LogP contribution is -2.50. The Bertz CT molecular complexity index is 756. The molecule has 0 radical (unpaired) electrons. The quantitative estimate of drug-likeness (QED) is 0.921. The Morgan fingerprint density at radius 3 is 2.56 bits per heavy atom. The highest BCUT2D eigenvalue weighted by atomic mass is 19.1. The van der Waals surface area contributed by atoms with Crippen LogP contribution in [0.15, 0.2) is 54.6 Å². The molecular formula is C21H22FNO2. The molecule has 0 unspecified atom stereocenters. The summed E-state index contributed by atoms with van der Waals surface area (Å²) in [6.45, 7) is 1.15. The van der Waals surface area contributed by atoms with E-state index in [9.17, 15) is 9.18 Å². The molecule has 1 saturated heterocycles. The van der Waals surface area contributed by atoms with E-state index in [1.807, 2.05) is 24.3 Å². The van der Waals surface area contributed by atoms with Crippen LogP contribution in [0.2, 0.25) is 0 Å². The van der Waals surface area contributed by atoms with Crippen LogP contribution in [-0.2, 0) is 15.1 Å². The van der Waals surface area contributed by atoms with Gasteiger partial charge in [0.15, 0.2) is 0 Å². The van der Waals surface area contributed by atoms with E-state index in [1.165, 1.54) is 17.7 Å². The average Bonchev–Trinajstić information content (AvgIpc) is 3.44. The Morgan fingerprint density at radius 1 is 1.08 bits per heavy atom. The maximum absolute atomic E-state index is 13.7. The van der Waals surface area contributed by atoms with E-state index in [0.717, 1.165) is 12.0 Å². The molecule has 1 amide bonds. The highest BCUT2D eigenvalue weighted by molar-refractivity contribution is 5.83. The summed E-state index contributed by atoms with van der Waals surface area (Å²) in [6, 6.07) is 16.7. The van der Waals surface area contributed by atoms with Crippen molar-refractivity contribution in [2.45, 2.75) is 30.7 Å². The van der Waals surface area contributed by atoms with Gasteiger partial charge in [-0.25, -0.2) is 4.39 Å². The third-order valence-electron chi connectivity index (χ3n) is 5.44. The SMILES string of the molecule is O=C(NC1(c2cccc(F)c2)CCOCC1)[C@H]1C[C@@H]1c1ccccc1. The van der Waals surface area contributed by atoms with E-state index in [1.54, 1.807) is 6.07 Å². The zero-order valence-electron chi connectivity index (χ0n) is 14.1. The lowest BCUT2D eigenvalue weighted by atomic mass is 9.82. The van der Waals surface area contributed by atoms with Gasteiger partial charge in [0.2, 0.25) is 5.91 Å². The van der Waals surface area contributed by atoms with Gasteiger partial charge in [-0.15, -0.1) is 0 Å². The van der Waals surface area contributed by atoms with E-state index < -0.39 is 5.54 Å². The van der Waals surface area contributed by atoms with Crippen LogP contribution in [-0.4, -0.2) is 19.1 Å². The molecule has 4 rings (SSSR count). The van der Waals surface area contributed by atoms with Gasteiger partial charge in [-0.05, 0) is 48.4 Å². The molecule has 0 bridgehead atoms. The van der Waals surface area contributed by atoms with Gasteiger partial charge < -0.3 is 10.1 Å². The first-order valence-corrected chi connectivity index (χ1v) is 8.89. The molecular weight excluding hydrogens is 317 g/mol. The van der Waals surface area contributed by atoms with Crippen molar-refractivity contribution in [1.29, 1.82) is 0 Å². The summed E-state index contributed by atoms with van der Waals surface area (Å²) in [5.74, 6) is 0.104. The zero-order chi connectivity index (χ0) is 17.3. The van der Waals surface area contributed by atoms with Gasteiger partial charge in [-0.2, -0.15) is 0 Å². The fourth-order valence-corrected chi connectivity index (χ4v) is 3.87. The minimum absolute atomic E-state index is 0.00989. The Kier molecular flexibility index (Phi) is 4.30. The lowest BCUT2D eigenvalue weighted by Gasteiger charge is -2.38. The van der Waals surface area contributed by atoms with E-state index in [-0.39, 0.29) is 17.6 Å². The van der Waals surface area contributed by atoms with Crippen LogP contribution in [0.25, 0.3) is 0 Å². The van der Waals surface area contributed by atoms with Crippen molar-refractivity contribution < 1.29 is 13.9 Å². The molecule has 2 aromatic rings. The summed E-state index contributed by atoms with van der Waals surface area (Å²) in [4.78, 5) is 12.9. The van der Waals surface area contributed by atoms with Crippen LogP contribution in [0, 0.1) is 11.7 Å². The van der Waals surface area contributed by atoms with Gasteiger partial charge >= 0.3 is 0 Å². The zero-order valence-corrected chi connectivity index (χ0v) is 14.1. The van der Waals surface area contributed by atoms with Crippen molar-refractivity contribution in [2.24, 2.45) is 5.92 Å². The Balaban J connectivity index is 1.53. The first-order chi connectivity index (χ1) is 12.2. The summed E-state index contributed by atoms with van der Waals surface area (Å²) in [6.07, 6.45) is 2.22. The second-order valence-corrected chi connectivity index (χ2v) is 7.05. The van der Waals surface area contributed by atoms with Gasteiger partial charge in [0.25, 0.3) is 0 Å². The highest BCUT2D eigenvalue weighted by Gasteiger charge is 2.47. The number of rotatable bonds is 4. The summed E-state index contributed by atoms with van der Waals surface area (Å²) in [7, 11) is 0. The Morgan fingerprint density at radius 2 is 1.84 bits per heavy atom. The molecule has 0 spiro atoms. The molecule has 2 fully saturated rings. The van der Waals surface area contributed by atoms with Crippen LogP contribution in [0.1, 0.15) is 36.3 Å². The standard InChI is InChI=1S/C21H22FNO2/c22-17-8-4-7-16(13-17)21(9-11-25-12-10-21)23-20(24)19-14-18(19)15-5-2-1-3-6-15/h1-8,13,18-19H,9-12,14H2,(H,23,24)/t18-,19+/m1/s1. The fourth-order valence-electron chi connectivity index (χ4n) is 3.87. The lowest BCUT2D eigenvalue weighted by molar-refractivity contribution is -0.125.